The van der Waals surface area contributed by atoms with Gasteiger partial charge < -0.3 is 10.6 Å². The number of halogens is 1. The second-order valence-electron chi connectivity index (χ2n) is 4.55. The van der Waals surface area contributed by atoms with Crippen LogP contribution in [0.5, 0.6) is 0 Å². The molecule has 0 spiro atoms. The number of carbonyl (C=O) groups is 1. The fourth-order valence-electron chi connectivity index (χ4n) is 1.59. The van der Waals surface area contributed by atoms with Gasteiger partial charge in [-0.05, 0) is 26.7 Å². The number of amides is 1. The van der Waals surface area contributed by atoms with Crippen molar-refractivity contribution in [1.29, 1.82) is 0 Å². The lowest BCUT2D eigenvalue weighted by Crippen LogP contribution is -2.27. The summed E-state index contributed by atoms with van der Waals surface area (Å²) in [5, 5.41) is 6.51. The first-order valence-electron chi connectivity index (χ1n) is 6.10. The van der Waals surface area contributed by atoms with E-state index in [2.05, 4.69) is 20.6 Å². The molecule has 98 valence electrons. The van der Waals surface area contributed by atoms with Crippen molar-refractivity contribution in [3.05, 3.63) is 16.5 Å². The van der Waals surface area contributed by atoms with Crippen LogP contribution >= 0.6 is 11.6 Å². The Kier molecular flexibility index (Phi) is 4.01. The summed E-state index contributed by atoms with van der Waals surface area (Å²) in [6.45, 7) is 4.19. The van der Waals surface area contributed by atoms with Gasteiger partial charge in [0, 0.05) is 24.6 Å². The quantitative estimate of drug-likeness (QED) is 0.800. The molecule has 2 N–H and O–H groups in total. The molecular weight excluding hydrogens is 252 g/mol. The fourth-order valence-corrected chi connectivity index (χ4v) is 1.80. The number of aromatic nitrogens is 2. The zero-order valence-electron chi connectivity index (χ0n) is 10.6. The van der Waals surface area contributed by atoms with Crippen molar-refractivity contribution in [2.24, 2.45) is 0 Å². The third kappa shape index (κ3) is 3.57. The SMILES string of the molecule is Cc1nc(Cl)c(C)c(NCCC(=O)NC2CC2)n1. The Hall–Kier alpha value is -1.36. The van der Waals surface area contributed by atoms with Gasteiger partial charge in [-0.25, -0.2) is 9.97 Å². The number of anilines is 1. The van der Waals surface area contributed by atoms with Gasteiger partial charge in [0.25, 0.3) is 0 Å². The van der Waals surface area contributed by atoms with Crippen LogP contribution in [0, 0.1) is 13.8 Å². The molecule has 0 bridgehead atoms. The van der Waals surface area contributed by atoms with Gasteiger partial charge in [-0.1, -0.05) is 11.6 Å². The van der Waals surface area contributed by atoms with Crippen LogP contribution in [0.4, 0.5) is 5.82 Å². The molecule has 1 saturated carbocycles. The molecule has 1 heterocycles. The molecule has 0 unspecified atom stereocenters. The largest absolute Gasteiger partial charge is 0.369 e. The normalized spacial score (nSPS) is 14.4. The standard InChI is InChI=1S/C12H17ClN4O/c1-7-11(13)15-8(2)16-12(7)14-6-5-10(18)17-9-3-4-9/h9H,3-6H2,1-2H3,(H,17,18)(H,14,15,16). The van der Waals surface area contributed by atoms with E-state index in [1.165, 1.54) is 0 Å². The summed E-state index contributed by atoms with van der Waals surface area (Å²) in [4.78, 5) is 19.8. The summed E-state index contributed by atoms with van der Waals surface area (Å²) < 4.78 is 0. The lowest BCUT2D eigenvalue weighted by Gasteiger charge is -2.10. The fraction of sp³-hybridized carbons (Fsp3) is 0.583. The highest BCUT2D eigenvalue weighted by molar-refractivity contribution is 6.30. The Balaban J connectivity index is 1.83. The van der Waals surface area contributed by atoms with Crippen molar-refractivity contribution in [1.82, 2.24) is 15.3 Å². The van der Waals surface area contributed by atoms with Crippen LogP contribution in [0.1, 0.15) is 30.7 Å². The maximum atomic E-state index is 11.5. The molecular formula is C12H17ClN4O. The highest BCUT2D eigenvalue weighted by atomic mass is 35.5. The van der Waals surface area contributed by atoms with Gasteiger partial charge >= 0.3 is 0 Å². The van der Waals surface area contributed by atoms with Gasteiger partial charge in [0.15, 0.2) is 0 Å². The molecule has 0 saturated heterocycles. The van der Waals surface area contributed by atoms with Gasteiger partial charge in [-0.3, -0.25) is 4.79 Å². The second kappa shape index (κ2) is 5.52. The minimum Gasteiger partial charge on any atom is -0.369 e. The lowest BCUT2D eigenvalue weighted by atomic mass is 10.3. The van der Waals surface area contributed by atoms with Crippen molar-refractivity contribution in [3.8, 4) is 0 Å². The van der Waals surface area contributed by atoms with Crippen LogP contribution in [0.3, 0.4) is 0 Å². The minimum absolute atomic E-state index is 0.0829. The van der Waals surface area contributed by atoms with Crippen LogP contribution in [-0.2, 0) is 4.79 Å². The summed E-state index contributed by atoms with van der Waals surface area (Å²) in [6.07, 6.45) is 2.66. The third-order valence-corrected chi connectivity index (χ3v) is 3.15. The van der Waals surface area contributed by atoms with E-state index in [0.717, 1.165) is 18.4 Å². The number of hydrogen-bond donors (Lipinski definition) is 2. The molecule has 5 nitrogen and oxygen atoms in total. The van der Waals surface area contributed by atoms with Gasteiger partial charge in [-0.2, -0.15) is 0 Å². The Morgan fingerprint density at radius 2 is 2.11 bits per heavy atom. The monoisotopic (exact) mass is 268 g/mol. The highest BCUT2D eigenvalue weighted by Crippen LogP contribution is 2.20. The molecule has 1 fully saturated rings. The first-order chi connectivity index (χ1) is 8.56. The number of nitrogens with one attached hydrogen (secondary N) is 2. The molecule has 1 aromatic heterocycles. The number of nitrogens with zero attached hydrogens (tertiary/aromatic N) is 2. The summed E-state index contributed by atoms with van der Waals surface area (Å²) in [6, 6.07) is 0.412. The summed E-state index contributed by atoms with van der Waals surface area (Å²) >= 11 is 5.97. The highest BCUT2D eigenvalue weighted by Gasteiger charge is 2.22. The van der Waals surface area contributed by atoms with Gasteiger partial charge in [0.05, 0.1) is 0 Å². The molecule has 1 aliphatic rings. The zero-order chi connectivity index (χ0) is 13.1. The smallest absolute Gasteiger partial charge is 0.221 e. The van der Waals surface area contributed by atoms with Crippen molar-refractivity contribution < 1.29 is 4.79 Å². The van der Waals surface area contributed by atoms with Crippen molar-refractivity contribution in [2.45, 2.75) is 39.2 Å². The molecule has 0 aliphatic heterocycles. The molecule has 1 amide bonds. The average Bonchev–Trinajstić information content (AvgIpc) is 3.08. The van der Waals surface area contributed by atoms with Crippen LogP contribution in [0.15, 0.2) is 0 Å². The van der Waals surface area contributed by atoms with Crippen LogP contribution in [0.25, 0.3) is 0 Å². The van der Waals surface area contributed by atoms with E-state index in [1.54, 1.807) is 6.92 Å². The maximum Gasteiger partial charge on any atom is 0.221 e. The van der Waals surface area contributed by atoms with Crippen LogP contribution in [0.2, 0.25) is 5.15 Å². The molecule has 0 radical (unpaired) electrons. The molecule has 0 atom stereocenters. The first kappa shape index (κ1) is 13.1. The number of carbonyl (C=O) groups excluding carboxylic acids is 1. The van der Waals surface area contributed by atoms with E-state index < -0.39 is 0 Å². The van der Waals surface area contributed by atoms with Gasteiger partial charge in [0.1, 0.15) is 16.8 Å². The molecule has 1 aromatic rings. The van der Waals surface area contributed by atoms with Crippen LogP contribution < -0.4 is 10.6 Å². The summed E-state index contributed by atoms with van der Waals surface area (Å²) in [5.41, 5.74) is 0.810. The van der Waals surface area contributed by atoms with Crippen molar-refractivity contribution in [2.75, 3.05) is 11.9 Å². The number of hydrogen-bond acceptors (Lipinski definition) is 4. The second-order valence-corrected chi connectivity index (χ2v) is 4.91. The van der Waals surface area contributed by atoms with E-state index in [0.29, 0.717) is 35.8 Å². The van der Waals surface area contributed by atoms with Gasteiger partial charge in [-0.15, -0.1) is 0 Å². The molecule has 0 aromatic carbocycles. The van der Waals surface area contributed by atoms with E-state index >= 15 is 0 Å². The van der Waals surface area contributed by atoms with Crippen molar-refractivity contribution in [3.63, 3.8) is 0 Å². The summed E-state index contributed by atoms with van der Waals surface area (Å²) in [7, 11) is 0. The molecule has 2 rings (SSSR count). The Morgan fingerprint density at radius 3 is 2.78 bits per heavy atom. The zero-order valence-corrected chi connectivity index (χ0v) is 11.3. The van der Waals surface area contributed by atoms with Crippen LogP contribution in [-0.4, -0.2) is 28.5 Å². The molecule has 18 heavy (non-hydrogen) atoms. The lowest BCUT2D eigenvalue weighted by molar-refractivity contribution is -0.120. The number of aryl methyl sites for hydroxylation is 1. The Labute approximate surface area is 111 Å². The molecule has 6 heteroatoms. The Bertz CT molecular complexity index is 460. The first-order valence-corrected chi connectivity index (χ1v) is 6.48. The predicted octanol–water partition coefficient (Wildman–Crippen LogP) is 1.83. The Morgan fingerprint density at radius 1 is 1.39 bits per heavy atom. The maximum absolute atomic E-state index is 11.5. The third-order valence-electron chi connectivity index (χ3n) is 2.79. The van der Waals surface area contributed by atoms with E-state index in [9.17, 15) is 4.79 Å². The topological polar surface area (TPSA) is 66.9 Å². The predicted molar refractivity (Wildman–Crippen MR) is 70.8 cm³/mol. The number of rotatable bonds is 5. The average molecular weight is 269 g/mol. The van der Waals surface area contributed by atoms with E-state index in [4.69, 9.17) is 11.6 Å². The van der Waals surface area contributed by atoms with Crippen molar-refractivity contribution >= 4 is 23.3 Å². The summed E-state index contributed by atoms with van der Waals surface area (Å²) in [5.74, 6) is 1.40. The van der Waals surface area contributed by atoms with E-state index in [-0.39, 0.29) is 5.91 Å². The van der Waals surface area contributed by atoms with Gasteiger partial charge in [0.2, 0.25) is 5.91 Å². The molecule has 1 aliphatic carbocycles. The minimum atomic E-state index is 0.0829. The van der Waals surface area contributed by atoms with E-state index in [1.807, 2.05) is 6.92 Å².